The summed E-state index contributed by atoms with van der Waals surface area (Å²) in [4.78, 5) is 37.5. The van der Waals surface area contributed by atoms with E-state index in [0.717, 1.165) is 23.7 Å². The second-order valence-corrected chi connectivity index (χ2v) is 8.02. The summed E-state index contributed by atoms with van der Waals surface area (Å²) in [6.07, 6.45) is 4.29. The Morgan fingerprint density at radius 2 is 1.91 bits per heavy atom. The Bertz CT molecular complexity index is 911. The van der Waals surface area contributed by atoms with Crippen molar-refractivity contribution in [3.8, 4) is 0 Å². The van der Waals surface area contributed by atoms with Gasteiger partial charge in [0.05, 0.1) is 24.9 Å². The number of nitrogens with zero attached hydrogens (tertiary/aromatic N) is 4. The molecule has 10 heteroatoms. The van der Waals surface area contributed by atoms with E-state index < -0.39 is 0 Å². The van der Waals surface area contributed by atoms with Crippen LogP contribution in [0.2, 0.25) is 0 Å². The van der Waals surface area contributed by atoms with Gasteiger partial charge < -0.3 is 20.1 Å². The van der Waals surface area contributed by atoms with Crippen LogP contribution in [0.25, 0.3) is 10.9 Å². The number of nitrogens with one attached hydrogen (secondary N) is 1. The number of rotatable bonds is 6. The van der Waals surface area contributed by atoms with Gasteiger partial charge in [-0.2, -0.15) is 5.10 Å². The Hall–Kier alpha value is -2.98. The molecule has 2 N–H and O–H groups in total. The number of hydrogen-bond acceptors (Lipinski definition) is 6. The zero-order valence-corrected chi connectivity index (χ0v) is 18.4. The van der Waals surface area contributed by atoms with Crippen LogP contribution in [0.5, 0.6) is 0 Å². The van der Waals surface area contributed by atoms with Gasteiger partial charge in [-0.1, -0.05) is 18.2 Å². The molecule has 2 aromatic rings. The van der Waals surface area contributed by atoms with E-state index in [2.05, 4.69) is 22.4 Å². The molecule has 2 atom stereocenters. The second-order valence-electron chi connectivity index (χ2n) is 8.02. The Balaban J connectivity index is 0.000000913. The molecule has 1 aromatic carbocycles. The SMILES string of the molecule is CN1[C@@H](CC(=O)N2CCOCC2)CC[C@H]1CNC(=O)Cn1ncc2ccccc21.O=CO. The third-order valence-electron chi connectivity index (χ3n) is 6.14. The Labute approximate surface area is 187 Å². The van der Waals surface area contributed by atoms with Crippen molar-refractivity contribution in [2.75, 3.05) is 39.9 Å². The predicted octanol–water partition coefficient (Wildman–Crippen LogP) is 0.565. The molecule has 2 saturated heterocycles. The maximum Gasteiger partial charge on any atom is 0.290 e. The number of carbonyl (C=O) groups excluding carboxylic acids is 2. The fourth-order valence-electron chi connectivity index (χ4n) is 4.30. The summed E-state index contributed by atoms with van der Waals surface area (Å²) in [6.45, 7) is 3.20. The van der Waals surface area contributed by atoms with Gasteiger partial charge in [-0.25, -0.2) is 0 Å². The second kappa shape index (κ2) is 11.6. The largest absolute Gasteiger partial charge is 0.483 e. The van der Waals surface area contributed by atoms with Gasteiger partial charge >= 0.3 is 0 Å². The number of carbonyl (C=O) groups is 3. The monoisotopic (exact) mass is 445 g/mol. The number of ether oxygens (including phenoxy) is 1. The molecule has 2 aliphatic heterocycles. The highest BCUT2D eigenvalue weighted by Crippen LogP contribution is 2.25. The summed E-state index contributed by atoms with van der Waals surface area (Å²) in [7, 11) is 2.06. The average molecular weight is 446 g/mol. The van der Waals surface area contributed by atoms with Crippen LogP contribution in [0, 0.1) is 0 Å². The molecule has 3 heterocycles. The molecule has 2 aliphatic rings. The number of fused-ring (bicyclic) bond motifs is 1. The fourth-order valence-corrected chi connectivity index (χ4v) is 4.30. The van der Waals surface area contributed by atoms with Crippen molar-refractivity contribution < 1.29 is 24.2 Å². The van der Waals surface area contributed by atoms with Crippen molar-refractivity contribution in [3.63, 3.8) is 0 Å². The van der Waals surface area contributed by atoms with Crippen LogP contribution >= 0.6 is 0 Å². The minimum atomic E-state index is -0.250. The highest BCUT2D eigenvalue weighted by Gasteiger charge is 2.33. The average Bonchev–Trinajstić information content (AvgIpc) is 3.37. The summed E-state index contributed by atoms with van der Waals surface area (Å²) in [5.74, 6) is 0.167. The van der Waals surface area contributed by atoms with Crippen LogP contribution in [-0.4, -0.2) is 95.0 Å². The van der Waals surface area contributed by atoms with Crippen molar-refractivity contribution in [2.24, 2.45) is 0 Å². The number of carboxylic acid groups (broad SMARTS) is 1. The summed E-state index contributed by atoms with van der Waals surface area (Å²) in [5.41, 5.74) is 0.960. The minimum absolute atomic E-state index is 0.0416. The molecule has 10 nitrogen and oxygen atoms in total. The standard InChI is InChI=1S/C21H29N5O3.CH2O2/c1-24-17(12-21(28)25-8-10-29-11-9-25)6-7-18(24)14-22-20(27)15-26-19-5-3-2-4-16(19)13-23-26;2-1-3/h2-5,13,17-18H,6-12,14-15H2,1H3,(H,22,27);1H,(H,2,3)/t17-,18+;/m1./s1. The third kappa shape index (κ3) is 6.04. The number of hydrogen-bond donors (Lipinski definition) is 2. The highest BCUT2D eigenvalue weighted by molar-refractivity contribution is 5.82. The first-order valence-corrected chi connectivity index (χ1v) is 10.9. The number of aromatic nitrogens is 2. The molecule has 0 spiro atoms. The first kappa shape index (κ1) is 23.7. The number of likely N-dealkylation sites (tertiary alicyclic amines) is 1. The molecule has 0 saturated carbocycles. The van der Waals surface area contributed by atoms with Crippen LogP contribution in [-0.2, 0) is 25.7 Å². The molecule has 2 fully saturated rings. The van der Waals surface area contributed by atoms with E-state index in [4.69, 9.17) is 14.6 Å². The van der Waals surface area contributed by atoms with Crippen molar-refractivity contribution in [2.45, 2.75) is 37.9 Å². The maximum atomic E-state index is 12.5. The number of amides is 2. The van der Waals surface area contributed by atoms with Crippen molar-refractivity contribution in [1.29, 1.82) is 0 Å². The summed E-state index contributed by atoms with van der Waals surface area (Å²) >= 11 is 0. The van der Waals surface area contributed by atoms with Crippen molar-refractivity contribution in [3.05, 3.63) is 30.5 Å². The quantitative estimate of drug-likeness (QED) is 0.624. The molecule has 1 aromatic heterocycles. The molecule has 0 unspecified atom stereocenters. The zero-order valence-electron chi connectivity index (χ0n) is 18.4. The maximum absolute atomic E-state index is 12.5. The first-order valence-electron chi connectivity index (χ1n) is 10.9. The lowest BCUT2D eigenvalue weighted by Crippen LogP contribution is -2.45. The lowest BCUT2D eigenvalue weighted by Gasteiger charge is -2.30. The van der Waals surface area contributed by atoms with Gasteiger partial charge in [-0.3, -0.25) is 24.0 Å². The van der Waals surface area contributed by atoms with Gasteiger partial charge in [0.15, 0.2) is 0 Å². The highest BCUT2D eigenvalue weighted by atomic mass is 16.5. The topological polar surface area (TPSA) is 117 Å². The normalized spacial score (nSPS) is 21.1. The first-order chi connectivity index (χ1) is 15.5. The van der Waals surface area contributed by atoms with Crippen molar-refractivity contribution in [1.82, 2.24) is 24.9 Å². The van der Waals surface area contributed by atoms with E-state index in [1.54, 1.807) is 10.9 Å². The fraction of sp³-hybridized carbons (Fsp3) is 0.545. The van der Waals surface area contributed by atoms with Gasteiger partial charge in [0, 0.05) is 43.5 Å². The smallest absolute Gasteiger partial charge is 0.290 e. The number of likely N-dealkylation sites (N-methyl/N-ethyl adjacent to an activating group) is 1. The van der Waals surface area contributed by atoms with Gasteiger partial charge in [0.25, 0.3) is 6.47 Å². The van der Waals surface area contributed by atoms with Crippen LogP contribution in [0.1, 0.15) is 19.3 Å². The third-order valence-corrected chi connectivity index (χ3v) is 6.14. The minimum Gasteiger partial charge on any atom is -0.483 e. The predicted molar refractivity (Wildman–Crippen MR) is 118 cm³/mol. The lowest BCUT2D eigenvalue weighted by molar-refractivity contribution is -0.136. The molecule has 32 heavy (non-hydrogen) atoms. The Morgan fingerprint density at radius 3 is 2.66 bits per heavy atom. The summed E-state index contributed by atoms with van der Waals surface area (Å²) in [6, 6.07) is 8.37. The zero-order chi connectivity index (χ0) is 22.9. The van der Waals surface area contributed by atoms with E-state index in [1.165, 1.54) is 0 Å². The Morgan fingerprint density at radius 1 is 1.22 bits per heavy atom. The van der Waals surface area contributed by atoms with E-state index in [0.29, 0.717) is 39.3 Å². The van der Waals surface area contributed by atoms with Gasteiger partial charge in [0.1, 0.15) is 6.54 Å². The number of benzene rings is 1. The molecule has 4 rings (SSSR count). The molecule has 0 radical (unpaired) electrons. The Kier molecular flexibility index (Phi) is 8.57. The molecule has 2 amide bonds. The van der Waals surface area contributed by atoms with Crippen LogP contribution in [0.4, 0.5) is 0 Å². The summed E-state index contributed by atoms with van der Waals surface area (Å²) < 4.78 is 7.05. The van der Waals surface area contributed by atoms with E-state index in [1.807, 2.05) is 29.2 Å². The van der Waals surface area contributed by atoms with E-state index in [9.17, 15) is 9.59 Å². The molecule has 0 bridgehead atoms. The molecule has 174 valence electrons. The van der Waals surface area contributed by atoms with Crippen molar-refractivity contribution >= 4 is 29.2 Å². The van der Waals surface area contributed by atoms with Crippen LogP contribution < -0.4 is 5.32 Å². The van der Waals surface area contributed by atoms with Crippen LogP contribution in [0.3, 0.4) is 0 Å². The lowest BCUT2D eigenvalue weighted by atomic mass is 10.1. The van der Waals surface area contributed by atoms with E-state index >= 15 is 0 Å². The van der Waals surface area contributed by atoms with Gasteiger partial charge in [-0.15, -0.1) is 0 Å². The van der Waals surface area contributed by atoms with Gasteiger partial charge in [0.2, 0.25) is 11.8 Å². The summed E-state index contributed by atoms with van der Waals surface area (Å²) in [5, 5.41) is 15.3. The van der Waals surface area contributed by atoms with Crippen LogP contribution in [0.15, 0.2) is 30.5 Å². The van der Waals surface area contributed by atoms with E-state index in [-0.39, 0.29) is 36.9 Å². The molecular weight excluding hydrogens is 414 g/mol. The number of morpholine rings is 1. The molecular formula is C22H31N5O5. The van der Waals surface area contributed by atoms with Gasteiger partial charge in [-0.05, 0) is 26.0 Å². The number of para-hydroxylation sites is 1. The molecule has 0 aliphatic carbocycles.